The number of hydrogen-bond acceptors (Lipinski definition) is 2. The molecule has 0 unspecified atom stereocenters. The molecule has 0 saturated heterocycles. The third-order valence-corrected chi connectivity index (χ3v) is 8.13. The summed E-state index contributed by atoms with van der Waals surface area (Å²) in [6, 6.07) is 16.2. The lowest BCUT2D eigenvalue weighted by Gasteiger charge is -2.23. The maximum absolute atomic E-state index is 14.0. The van der Waals surface area contributed by atoms with Crippen LogP contribution in [-0.4, -0.2) is 11.6 Å². The molecule has 0 aliphatic rings. The lowest BCUT2D eigenvalue weighted by atomic mass is 9.81. The van der Waals surface area contributed by atoms with Gasteiger partial charge in [0, 0.05) is 22.3 Å². The van der Waals surface area contributed by atoms with Crippen LogP contribution in [0.2, 0.25) is 0 Å². The predicted molar refractivity (Wildman–Crippen MR) is 171 cm³/mol. The average molecular weight is 539 g/mol. The predicted octanol–water partition coefficient (Wildman–Crippen LogP) is 10.9. The molecule has 2 heteroatoms. The van der Waals surface area contributed by atoms with Gasteiger partial charge in [0.1, 0.15) is 0 Å². The van der Waals surface area contributed by atoms with Gasteiger partial charge in [0.15, 0.2) is 11.6 Å². The van der Waals surface area contributed by atoms with Crippen LogP contribution in [0.5, 0.6) is 0 Å². The van der Waals surface area contributed by atoms with Crippen molar-refractivity contribution in [1.82, 2.24) is 0 Å². The molecule has 0 bridgehead atoms. The van der Waals surface area contributed by atoms with Crippen LogP contribution in [0.15, 0.2) is 48.5 Å². The van der Waals surface area contributed by atoms with Crippen molar-refractivity contribution < 1.29 is 9.59 Å². The molecule has 0 aliphatic heterocycles. The first kappa shape index (κ1) is 31.5. The molecule has 2 nitrogen and oxygen atoms in total. The van der Waals surface area contributed by atoms with E-state index in [-0.39, 0.29) is 35.2 Å². The molecule has 0 radical (unpaired) electrons. The van der Waals surface area contributed by atoms with Gasteiger partial charge in [-0.25, -0.2) is 0 Å². The maximum Gasteiger partial charge on any atom is 0.193 e. The molecular formula is C38H50O2. The van der Waals surface area contributed by atoms with Crippen LogP contribution in [0.4, 0.5) is 0 Å². The summed E-state index contributed by atoms with van der Waals surface area (Å²) in [5.41, 5.74) is 9.86. The SMILES string of the molecule is CC(C)c1cc(C(C)C)c(C(=O)c2ccc(C(=O)c3c(C(C)C)cc(C(C)C)cc3C(C)C)cc2)c(C(C)C)c1. The van der Waals surface area contributed by atoms with E-state index in [0.717, 1.165) is 33.4 Å². The molecule has 0 spiro atoms. The van der Waals surface area contributed by atoms with Gasteiger partial charge < -0.3 is 0 Å². The Bertz CT molecular complexity index is 1200. The second-order valence-electron chi connectivity index (χ2n) is 13.3. The molecule has 0 saturated carbocycles. The van der Waals surface area contributed by atoms with Gasteiger partial charge in [-0.1, -0.05) is 132 Å². The highest BCUT2D eigenvalue weighted by atomic mass is 16.1. The first-order valence-corrected chi connectivity index (χ1v) is 15.2. The second kappa shape index (κ2) is 12.7. The summed E-state index contributed by atoms with van der Waals surface area (Å²) in [5.74, 6) is 1.78. The molecule has 0 aromatic heterocycles. The van der Waals surface area contributed by atoms with Crippen LogP contribution in [0.25, 0.3) is 0 Å². The minimum atomic E-state index is 0.0359. The van der Waals surface area contributed by atoms with Gasteiger partial charge in [-0.3, -0.25) is 9.59 Å². The highest BCUT2D eigenvalue weighted by Crippen LogP contribution is 2.35. The first-order chi connectivity index (χ1) is 18.6. The number of carbonyl (C=O) groups excluding carboxylic acids is 2. The number of benzene rings is 3. The molecule has 3 aromatic rings. The summed E-state index contributed by atoms with van der Waals surface area (Å²) < 4.78 is 0. The lowest BCUT2D eigenvalue weighted by Crippen LogP contribution is -2.15. The zero-order valence-corrected chi connectivity index (χ0v) is 26.9. The molecule has 3 aromatic carbocycles. The van der Waals surface area contributed by atoms with Gasteiger partial charge in [-0.15, -0.1) is 0 Å². The van der Waals surface area contributed by atoms with Crippen molar-refractivity contribution in [2.45, 2.75) is 119 Å². The third kappa shape index (κ3) is 6.48. The van der Waals surface area contributed by atoms with Crippen LogP contribution in [0.1, 0.15) is 184 Å². The van der Waals surface area contributed by atoms with E-state index >= 15 is 0 Å². The summed E-state index contributed by atoms with van der Waals surface area (Å²) in [6.07, 6.45) is 0. The summed E-state index contributed by atoms with van der Waals surface area (Å²) in [5, 5.41) is 0. The third-order valence-electron chi connectivity index (χ3n) is 8.13. The van der Waals surface area contributed by atoms with E-state index < -0.39 is 0 Å². The Morgan fingerprint density at radius 3 is 0.800 bits per heavy atom. The van der Waals surface area contributed by atoms with E-state index in [4.69, 9.17) is 0 Å². The number of ketones is 2. The van der Waals surface area contributed by atoms with E-state index in [1.54, 1.807) is 0 Å². The van der Waals surface area contributed by atoms with Crippen molar-refractivity contribution in [3.63, 3.8) is 0 Å². The van der Waals surface area contributed by atoms with E-state index in [2.05, 4.69) is 107 Å². The van der Waals surface area contributed by atoms with Crippen molar-refractivity contribution in [3.8, 4) is 0 Å². The highest BCUT2D eigenvalue weighted by molar-refractivity contribution is 6.14. The van der Waals surface area contributed by atoms with Crippen molar-refractivity contribution >= 4 is 11.6 Å². The van der Waals surface area contributed by atoms with Crippen LogP contribution in [0.3, 0.4) is 0 Å². The fourth-order valence-electron chi connectivity index (χ4n) is 5.50. The molecule has 0 fully saturated rings. The van der Waals surface area contributed by atoms with Gasteiger partial charge in [0.2, 0.25) is 0 Å². The lowest BCUT2D eigenvalue weighted by molar-refractivity contribution is 0.102. The summed E-state index contributed by atoms with van der Waals surface area (Å²) in [6.45, 7) is 26.1. The zero-order chi connectivity index (χ0) is 30.0. The van der Waals surface area contributed by atoms with Crippen LogP contribution in [0, 0.1) is 0 Å². The van der Waals surface area contributed by atoms with Gasteiger partial charge in [-0.05, 0) is 68.9 Å². The minimum Gasteiger partial charge on any atom is -0.289 e. The smallest absolute Gasteiger partial charge is 0.193 e. The largest absolute Gasteiger partial charge is 0.289 e. The van der Waals surface area contributed by atoms with Crippen LogP contribution in [-0.2, 0) is 0 Å². The fraction of sp³-hybridized carbons (Fsp3) is 0.474. The Kier molecular flexibility index (Phi) is 9.99. The molecule has 0 aliphatic carbocycles. The molecule has 3 rings (SSSR count). The Morgan fingerprint density at radius 1 is 0.400 bits per heavy atom. The fourth-order valence-corrected chi connectivity index (χ4v) is 5.50. The van der Waals surface area contributed by atoms with Crippen LogP contribution < -0.4 is 0 Å². The van der Waals surface area contributed by atoms with Crippen molar-refractivity contribution in [2.75, 3.05) is 0 Å². The highest BCUT2D eigenvalue weighted by Gasteiger charge is 2.26. The molecule has 0 heterocycles. The van der Waals surface area contributed by atoms with Gasteiger partial charge >= 0.3 is 0 Å². The molecule has 0 atom stereocenters. The molecule has 0 N–H and O–H groups in total. The number of hydrogen-bond donors (Lipinski definition) is 0. The standard InChI is InChI=1S/C38H50O2/c1-21(2)29-17-31(23(5)6)35(32(18-29)24(7)8)37(39)27-13-15-28(16-14-27)38(40)36-33(25(9)10)19-30(22(3)4)20-34(36)26(11)12/h13-26H,1-12H3. The topological polar surface area (TPSA) is 34.1 Å². The quantitative estimate of drug-likeness (QED) is 0.241. The van der Waals surface area contributed by atoms with Gasteiger partial charge in [-0.2, -0.15) is 0 Å². The Morgan fingerprint density at radius 2 is 0.625 bits per heavy atom. The molecule has 214 valence electrons. The van der Waals surface area contributed by atoms with E-state index in [0.29, 0.717) is 23.0 Å². The summed E-state index contributed by atoms with van der Waals surface area (Å²) >= 11 is 0. The molecule has 40 heavy (non-hydrogen) atoms. The zero-order valence-electron chi connectivity index (χ0n) is 26.9. The van der Waals surface area contributed by atoms with Gasteiger partial charge in [0.05, 0.1) is 0 Å². The van der Waals surface area contributed by atoms with Crippen molar-refractivity contribution in [1.29, 1.82) is 0 Å². The molecule has 0 amide bonds. The first-order valence-electron chi connectivity index (χ1n) is 15.2. The Labute approximate surface area is 243 Å². The van der Waals surface area contributed by atoms with E-state index in [1.165, 1.54) is 11.1 Å². The average Bonchev–Trinajstić information content (AvgIpc) is 2.90. The maximum atomic E-state index is 14.0. The molecular weight excluding hydrogens is 488 g/mol. The van der Waals surface area contributed by atoms with Crippen molar-refractivity contribution in [2.24, 2.45) is 0 Å². The van der Waals surface area contributed by atoms with E-state index in [1.807, 2.05) is 24.3 Å². The van der Waals surface area contributed by atoms with E-state index in [9.17, 15) is 9.59 Å². The Hall–Kier alpha value is -3.00. The van der Waals surface area contributed by atoms with Gasteiger partial charge in [0.25, 0.3) is 0 Å². The number of carbonyl (C=O) groups is 2. The summed E-state index contributed by atoms with van der Waals surface area (Å²) in [7, 11) is 0. The Balaban J connectivity index is 2.11. The second-order valence-corrected chi connectivity index (χ2v) is 13.3. The minimum absolute atomic E-state index is 0.0359. The normalized spacial score (nSPS) is 12.1. The van der Waals surface area contributed by atoms with Crippen LogP contribution >= 0.6 is 0 Å². The number of rotatable bonds is 10. The summed E-state index contributed by atoms with van der Waals surface area (Å²) in [4.78, 5) is 28.1. The monoisotopic (exact) mass is 538 g/mol. The van der Waals surface area contributed by atoms with Crippen molar-refractivity contribution in [3.05, 3.63) is 104 Å².